The summed E-state index contributed by atoms with van der Waals surface area (Å²) in [4.78, 5) is 35.3. The number of thioether (sulfide) groups is 1. The fourth-order valence-electron chi connectivity index (χ4n) is 4.61. The summed E-state index contributed by atoms with van der Waals surface area (Å²) in [6.45, 7) is 0.329. The number of aliphatic hydroxyl groups is 1. The Morgan fingerprint density at radius 3 is 2.07 bits per heavy atom. The number of carbonyl (C=O) groups is 3. The van der Waals surface area contributed by atoms with Crippen molar-refractivity contribution >= 4 is 29.5 Å². The summed E-state index contributed by atoms with van der Waals surface area (Å²) < 4.78 is 12.8. The van der Waals surface area contributed by atoms with Crippen molar-refractivity contribution in [2.24, 2.45) is 0 Å². The highest BCUT2D eigenvalue weighted by molar-refractivity contribution is 7.99. The zero-order valence-corrected chi connectivity index (χ0v) is 24.4. The first-order valence-electron chi connectivity index (χ1n) is 14.1. The van der Waals surface area contributed by atoms with Gasteiger partial charge in [-0.05, 0) is 53.8 Å². The van der Waals surface area contributed by atoms with E-state index in [1.807, 2.05) is 48.5 Å². The molecule has 228 valence electrons. The van der Waals surface area contributed by atoms with Gasteiger partial charge in [0.1, 0.15) is 0 Å². The maximum atomic E-state index is 12.2. The van der Waals surface area contributed by atoms with Gasteiger partial charge < -0.3 is 25.0 Å². The molecule has 3 aromatic rings. The smallest absolute Gasteiger partial charge is 0.335 e. The molecule has 0 bridgehead atoms. The second-order valence-electron chi connectivity index (χ2n) is 10.3. The molecule has 1 saturated heterocycles. The highest BCUT2D eigenvalue weighted by Crippen LogP contribution is 2.39. The van der Waals surface area contributed by atoms with Crippen molar-refractivity contribution in [1.29, 1.82) is 0 Å². The van der Waals surface area contributed by atoms with Gasteiger partial charge in [0, 0.05) is 42.0 Å². The van der Waals surface area contributed by atoms with Gasteiger partial charge in [-0.3, -0.25) is 14.8 Å². The minimum Gasteiger partial charge on any atom is -0.478 e. The summed E-state index contributed by atoms with van der Waals surface area (Å²) in [5.41, 5.74) is 5.39. The summed E-state index contributed by atoms with van der Waals surface area (Å²) in [5.74, 6) is -0.889. The molecule has 1 fully saturated rings. The van der Waals surface area contributed by atoms with E-state index in [0.717, 1.165) is 27.1 Å². The van der Waals surface area contributed by atoms with Crippen molar-refractivity contribution in [3.05, 3.63) is 101 Å². The predicted octanol–water partition coefficient (Wildman–Crippen LogP) is 4.90. The van der Waals surface area contributed by atoms with Crippen molar-refractivity contribution in [3.63, 3.8) is 0 Å². The highest BCUT2D eigenvalue weighted by atomic mass is 32.2. The number of hydrogen-bond donors (Lipinski definition) is 5. The minimum atomic E-state index is -0.961. The average Bonchev–Trinajstić information content (AvgIpc) is 3.05. The third kappa shape index (κ3) is 9.91. The molecule has 0 radical (unpaired) electrons. The number of nitrogens with one attached hydrogen (secondary N) is 2. The quantitative estimate of drug-likeness (QED) is 0.0744. The molecule has 1 aliphatic heterocycles. The first kappa shape index (κ1) is 32.2. The van der Waals surface area contributed by atoms with Crippen LogP contribution in [0, 0.1) is 0 Å². The largest absolute Gasteiger partial charge is 0.478 e. The van der Waals surface area contributed by atoms with E-state index < -0.39 is 18.2 Å². The van der Waals surface area contributed by atoms with Crippen LogP contribution in [0.5, 0.6) is 0 Å². The number of carbonyl (C=O) groups excluding carboxylic acids is 2. The van der Waals surface area contributed by atoms with Crippen molar-refractivity contribution in [2.75, 3.05) is 5.75 Å². The molecule has 10 nitrogen and oxygen atoms in total. The van der Waals surface area contributed by atoms with E-state index >= 15 is 0 Å². The summed E-state index contributed by atoms with van der Waals surface area (Å²) in [7, 11) is 0. The molecule has 1 aliphatic rings. The van der Waals surface area contributed by atoms with Gasteiger partial charge in [-0.15, -0.1) is 11.8 Å². The van der Waals surface area contributed by atoms with Crippen LogP contribution in [-0.4, -0.2) is 45.1 Å². The molecule has 5 N–H and O–H groups in total. The fourth-order valence-corrected chi connectivity index (χ4v) is 5.54. The maximum absolute atomic E-state index is 12.2. The molecular formula is C32H36N2O8S. The summed E-state index contributed by atoms with van der Waals surface area (Å²) in [6, 6.07) is 22.1. The van der Waals surface area contributed by atoms with Gasteiger partial charge in [-0.25, -0.2) is 10.3 Å². The standard InChI is InChI=1S/C32H36N2O8S/c35-19-22-7-9-23(10-8-22)28-17-26(20-43-27-15-13-24(14-16-27)31(38)39)41-32(42-28)25-11-5-21(6-12-25)18-33-29(36)3-1-2-4-30(37)34-40/h5-16,26,28,32,35,40H,1-4,17-20H2,(H,33,36)(H,34,37)(H,38,39)/t26-,28+,32+/m1/s1. The second-order valence-corrected chi connectivity index (χ2v) is 11.3. The Kier molecular flexibility index (Phi) is 12.1. The van der Waals surface area contributed by atoms with E-state index in [1.54, 1.807) is 41.5 Å². The Balaban J connectivity index is 1.37. The summed E-state index contributed by atoms with van der Waals surface area (Å²) in [6.07, 6.45) is 1.17. The first-order valence-corrected chi connectivity index (χ1v) is 15.1. The Hall–Kier alpha value is -3.74. The van der Waals surface area contributed by atoms with Gasteiger partial charge in [0.15, 0.2) is 6.29 Å². The van der Waals surface area contributed by atoms with Gasteiger partial charge in [0.25, 0.3) is 0 Å². The molecule has 0 aliphatic carbocycles. The second kappa shape index (κ2) is 16.2. The van der Waals surface area contributed by atoms with Crippen LogP contribution >= 0.6 is 11.8 Å². The number of carboxylic acid groups (broad SMARTS) is 1. The number of hydrogen-bond acceptors (Lipinski definition) is 8. The average molecular weight is 609 g/mol. The molecule has 0 aromatic heterocycles. The van der Waals surface area contributed by atoms with Gasteiger partial charge in [-0.1, -0.05) is 48.5 Å². The van der Waals surface area contributed by atoms with E-state index in [-0.39, 0.29) is 36.7 Å². The molecular weight excluding hydrogens is 572 g/mol. The van der Waals surface area contributed by atoms with E-state index in [9.17, 15) is 19.5 Å². The Bertz CT molecular complexity index is 1350. The van der Waals surface area contributed by atoms with E-state index in [1.165, 1.54) is 0 Å². The number of unbranched alkanes of at least 4 members (excludes halogenated alkanes) is 1. The van der Waals surface area contributed by atoms with Crippen LogP contribution in [0.1, 0.15) is 77.1 Å². The fraction of sp³-hybridized carbons (Fsp3) is 0.344. The topological polar surface area (TPSA) is 154 Å². The van der Waals surface area contributed by atoms with Gasteiger partial charge in [-0.2, -0.15) is 0 Å². The lowest BCUT2D eigenvalue weighted by atomic mass is 10.0. The van der Waals surface area contributed by atoms with Crippen molar-refractivity contribution in [1.82, 2.24) is 10.8 Å². The zero-order valence-electron chi connectivity index (χ0n) is 23.6. The van der Waals surface area contributed by atoms with Crippen LogP contribution in [0.15, 0.2) is 77.7 Å². The highest BCUT2D eigenvalue weighted by Gasteiger charge is 2.32. The predicted molar refractivity (Wildman–Crippen MR) is 159 cm³/mol. The number of benzene rings is 3. The number of aliphatic hydroxyl groups excluding tert-OH is 1. The number of ether oxygens (including phenoxy) is 2. The lowest BCUT2D eigenvalue weighted by Crippen LogP contribution is -2.31. The monoisotopic (exact) mass is 608 g/mol. The van der Waals surface area contributed by atoms with Gasteiger partial charge in [0.05, 0.1) is 24.4 Å². The lowest BCUT2D eigenvalue weighted by molar-refractivity contribution is -0.245. The molecule has 3 aromatic carbocycles. The first-order chi connectivity index (χ1) is 20.8. The van der Waals surface area contributed by atoms with Crippen molar-refractivity contribution in [2.45, 2.75) is 68.6 Å². The SMILES string of the molecule is O=C(CCCCC(=O)NCc1ccc([C@H]2O[C@@H](CSc3ccc(C(=O)O)cc3)C[C@@H](c3ccc(CO)cc3)O2)cc1)NO. The van der Waals surface area contributed by atoms with Crippen LogP contribution in [0.25, 0.3) is 0 Å². The molecule has 3 atom stereocenters. The van der Waals surface area contributed by atoms with Crippen LogP contribution in [0.3, 0.4) is 0 Å². The summed E-state index contributed by atoms with van der Waals surface area (Å²) >= 11 is 1.59. The summed E-state index contributed by atoms with van der Waals surface area (Å²) in [5, 5.41) is 30.0. The normalized spacial score (nSPS) is 18.1. The number of hydroxylamine groups is 1. The number of carboxylic acids is 1. The molecule has 0 saturated carbocycles. The number of aromatic carboxylic acids is 1. The zero-order chi connectivity index (χ0) is 30.6. The van der Waals surface area contributed by atoms with Crippen LogP contribution in [-0.2, 0) is 32.2 Å². The van der Waals surface area contributed by atoms with Crippen molar-refractivity contribution in [3.8, 4) is 0 Å². The van der Waals surface area contributed by atoms with Gasteiger partial charge in [0.2, 0.25) is 11.8 Å². The van der Waals surface area contributed by atoms with E-state index in [2.05, 4.69) is 5.32 Å². The molecule has 11 heteroatoms. The molecule has 4 rings (SSSR count). The molecule has 0 unspecified atom stereocenters. The van der Waals surface area contributed by atoms with Crippen LogP contribution < -0.4 is 10.8 Å². The third-order valence-corrected chi connectivity index (χ3v) is 8.22. The van der Waals surface area contributed by atoms with Crippen LogP contribution in [0.4, 0.5) is 0 Å². The molecule has 43 heavy (non-hydrogen) atoms. The third-order valence-electron chi connectivity index (χ3n) is 7.08. The minimum absolute atomic E-state index is 0.0341. The maximum Gasteiger partial charge on any atom is 0.335 e. The number of rotatable bonds is 14. The Morgan fingerprint density at radius 1 is 0.814 bits per heavy atom. The van der Waals surface area contributed by atoms with Gasteiger partial charge >= 0.3 is 5.97 Å². The van der Waals surface area contributed by atoms with E-state index in [4.69, 9.17) is 19.8 Å². The number of amides is 2. The van der Waals surface area contributed by atoms with Crippen LogP contribution in [0.2, 0.25) is 0 Å². The molecule has 0 spiro atoms. The van der Waals surface area contributed by atoms with E-state index in [0.29, 0.717) is 38.0 Å². The lowest BCUT2D eigenvalue weighted by Gasteiger charge is -2.36. The van der Waals surface area contributed by atoms with Crippen molar-refractivity contribution < 1.29 is 39.3 Å². The Morgan fingerprint density at radius 2 is 1.44 bits per heavy atom. The molecule has 2 amide bonds. The molecule has 1 heterocycles. The Labute approximate surface area is 254 Å².